The summed E-state index contributed by atoms with van der Waals surface area (Å²) in [4.78, 5) is 37.8. The predicted molar refractivity (Wildman–Crippen MR) is 148 cm³/mol. The molecule has 1 atom stereocenters. The third-order valence-corrected chi connectivity index (χ3v) is 9.61. The van der Waals surface area contributed by atoms with Crippen molar-refractivity contribution in [2.24, 2.45) is 0 Å². The third kappa shape index (κ3) is 7.29. The Bertz CT molecular complexity index is 1870. The molecule has 244 valence electrons. The highest BCUT2D eigenvalue weighted by Gasteiger charge is 2.41. The lowest BCUT2D eigenvalue weighted by Crippen LogP contribution is -2.60. The Morgan fingerprint density at radius 3 is 2.28 bits per heavy atom. The molecule has 2 aromatic heterocycles. The van der Waals surface area contributed by atoms with Crippen LogP contribution >= 0.6 is 11.3 Å². The summed E-state index contributed by atoms with van der Waals surface area (Å²) in [7, 11) is -4.52. The van der Waals surface area contributed by atoms with Gasteiger partial charge in [-0.15, -0.1) is 13.2 Å². The maximum atomic E-state index is 13.6. The van der Waals surface area contributed by atoms with Gasteiger partial charge in [-0.25, -0.2) is 23.2 Å². The number of nitrogens with one attached hydrogen (secondary N) is 1. The van der Waals surface area contributed by atoms with E-state index in [9.17, 15) is 44.3 Å². The molecule has 1 aliphatic rings. The average molecular weight is 691 g/mol. The van der Waals surface area contributed by atoms with Crippen LogP contribution in [-0.2, 0) is 27.5 Å². The van der Waals surface area contributed by atoms with E-state index >= 15 is 0 Å². The highest BCUT2D eigenvalue weighted by molar-refractivity contribution is 7.89. The van der Waals surface area contributed by atoms with Gasteiger partial charge in [0.1, 0.15) is 11.8 Å². The number of sulfonamides is 1. The quantitative estimate of drug-likeness (QED) is 0.260. The summed E-state index contributed by atoms with van der Waals surface area (Å²) in [5, 5.41) is 12.0. The number of nitrogens with zero attached hydrogens (tertiary/aromatic N) is 5. The van der Waals surface area contributed by atoms with E-state index in [-0.39, 0.29) is 37.0 Å². The summed E-state index contributed by atoms with van der Waals surface area (Å²) in [6.45, 7) is -0.802. The summed E-state index contributed by atoms with van der Waals surface area (Å²) >= 11 is 1.06. The Kier molecular flexibility index (Phi) is 8.79. The van der Waals surface area contributed by atoms with Gasteiger partial charge in [0, 0.05) is 26.2 Å². The van der Waals surface area contributed by atoms with E-state index in [1.807, 2.05) is 0 Å². The SMILES string of the molecule is O=C(O)c1ncc2sc(N3CCN(S(=O)(=O)c4ccc(C(F)(F)F)cc4)[C@@H](C(=O)NCc4ccc(OC(F)(F)F)cc4)C3)nc2n1. The van der Waals surface area contributed by atoms with Gasteiger partial charge in [0.25, 0.3) is 0 Å². The molecule has 0 radical (unpaired) electrons. The van der Waals surface area contributed by atoms with E-state index in [0.717, 1.165) is 39.9 Å². The lowest BCUT2D eigenvalue weighted by molar-refractivity contribution is -0.274. The second kappa shape index (κ2) is 12.3. The summed E-state index contributed by atoms with van der Waals surface area (Å²) in [6, 6.07) is 5.94. The number of fused-ring (bicyclic) bond motifs is 1. The van der Waals surface area contributed by atoms with E-state index in [4.69, 9.17) is 5.11 Å². The van der Waals surface area contributed by atoms with Crippen LogP contribution in [0.3, 0.4) is 0 Å². The van der Waals surface area contributed by atoms with Crippen molar-refractivity contribution >= 4 is 48.7 Å². The first kappa shape index (κ1) is 32.8. The lowest BCUT2D eigenvalue weighted by Gasteiger charge is -2.39. The number of carboxylic acid groups (broad SMARTS) is 1. The number of carboxylic acids is 1. The molecule has 12 nitrogen and oxygen atoms in total. The number of benzene rings is 2. The Labute approximate surface area is 259 Å². The number of halogens is 6. The van der Waals surface area contributed by atoms with Crippen LogP contribution in [-0.4, -0.2) is 76.7 Å². The molecule has 0 spiro atoms. The van der Waals surface area contributed by atoms with Gasteiger partial charge in [0.05, 0.1) is 21.4 Å². The molecular formula is C26H20F6N6O6S2. The smallest absolute Gasteiger partial charge is 0.475 e. The Morgan fingerprint density at radius 2 is 1.67 bits per heavy atom. The van der Waals surface area contributed by atoms with Crippen LogP contribution in [0.1, 0.15) is 21.7 Å². The fraction of sp³-hybridized carbons (Fsp3) is 0.269. The number of ether oxygens (including phenoxy) is 1. The molecule has 5 rings (SSSR count). The van der Waals surface area contributed by atoms with Crippen LogP contribution in [0.2, 0.25) is 0 Å². The number of rotatable bonds is 8. The number of aromatic nitrogens is 3. The van der Waals surface area contributed by atoms with Crippen molar-refractivity contribution in [3.8, 4) is 5.75 Å². The number of carbonyl (C=O) groups is 2. The van der Waals surface area contributed by atoms with Gasteiger partial charge >= 0.3 is 18.5 Å². The zero-order chi connectivity index (χ0) is 33.4. The highest BCUT2D eigenvalue weighted by atomic mass is 32.2. The lowest BCUT2D eigenvalue weighted by atomic mass is 10.1. The summed E-state index contributed by atoms with van der Waals surface area (Å²) in [5.74, 6) is -3.18. The molecule has 1 fully saturated rings. The minimum atomic E-state index is -4.90. The molecule has 0 aliphatic carbocycles. The van der Waals surface area contributed by atoms with Crippen LogP contribution in [0.15, 0.2) is 59.6 Å². The van der Waals surface area contributed by atoms with Crippen molar-refractivity contribution in [3.63, 3.8) is 0 Å². The summed E-state index contributed by atoms with van der Waals surface area (Å²) in [6.07, 6.45) is -8.35. The van der Waals surface area contributed by atoms with E-state index in [0.29, 0.717) is 22.4 Å². The van der Waals surface area contributed by atoms with Gasteiger partial charge in [-0.3, -0.25) is 4.79 Å². The molecule has 4 aromatic rings. The van der Waals surface area contributed by atoms with Crippen molar-refractivity contribution in [3.05, 3.63) is 71.7 Å². The molecule has 1 amide bonds. The van der Waals surface area contributed by atoms with Gasteiger partial charge in [-0.05, 0) is 42.0 Å². The second-order valence-electron chi connectivity index (χ2n) is 9.69. The zero-order valence-electron chi connectivity index (χ0n) is 22.9. The predicted octanol–water partition coefficient (Wildman–Crippen LogP) is 3.90. The highest BCUT2D eigenvalue weighted by Crippen LogP contribution is 2.33. The van der Waals surface area contributed by atoms with Gasteiger partial charge in [-0.2, -0.15) is 22.5 Å². The van der Waals surface area contributed by atoms with Crippen molar-refractivity contribution < 1.29 is 54.2 Å². The van der Waals surface area contributed by atoms with E-state index in [1.165, 1.54) is 18.3 Å². The standard InChI is InChI=1S/C26H20F6N6O6S2/c27-25(28,29)15-3-7-17(8-4-15)46(42,43)38-10-9-37(24-36-20-19(45-24)12-33-21(35-20)23(40)41)13-18(38)22(39)34-11-14-1-5-16(6-2-14)44-26(30,31)32/h1-8,12,18H,9-11,13H2,(H,34,39)(H,40,41)/t18-/m1/s1. The first-order chi connectivity index (χ1) is 21.5. The van der Waals surface area contributed by atoms with Crippen LogP contribution in [0.5, 0.6) is 5.75 Å². The van der Waals surface area contributed by atoms with Crippen LogP contribution < -0.4 is 15.0 Å². The van der Waals surface area contributed by atoms with Crippen molar-refractivity contribution in [2.75, 3.05) is 24.5 Å². The molecule has 2 N–H and O–H groups in total. The van der Waals surface area contributed by atoms with Crippen LogP contribution in [0.4, 0.5) is 31.5 Å². The maximum Gasteiger partial charge on any atom is 0.573 e. The number of alkyl halides is 6. The number of amides is 1. The molecular weight excluding hydrogens is 670 g/mol. The molecule has 1 aliphatic heterocycles. The molecule has 0 unspecified atom stereocenters. The first-order valence-corrected chi connectivity index (χ1v) is 15.2. The van der Waals surface area contributed by atoms with Crippen LogP contribution in [0, 0.1) is 0 Å². The van der Waals surface area contributed by atoms with Crippen molar-refractivity contribution in [2.45, 2.75) is 30.0 Å². The van der Waals surface area contributed by atoms with Gasteiger partial charge < -0.3 is 20.1 Å². The molecule has 1 saturated heterocycles. The third-order valence-electron chi connectivity index (χ3n) is 6.65. The molecule has 0 saturated carbocycles. The Hall–Kier alpha value is -4.56. The monoisotopic (exact) mass is 690 g/mol. The minimum Gasteiger partial charge on any atom is -0.475 e. The number of hydrogen-bond donors (Lipinski definition) is 2. The molecule has 20 heteroatoms. The number of anilines is 1. The first-order valence-electron chi connectivity index (χ1n) is 12.9. The van der Waals surface area contributed by atoms with Gasteiger partial charge in [0.15, 0.2) is 10.8 Å². The summed E-state index contributed by atoms with van der Waals surface area (Å²) < 4.78 is 109. The number of hydrogen-bond acceptors (Lipinski definition) is 10. The number of aromatic carboxylic acids is 1. The van der Waals surface area contributed by atoms with Crippen molar-refractivity contribution in [1.82, 2.24) is 24.6 Å². The van der Waals surface area contributed by atoms with Crippen LogP contribution in [0.25, 0.3) is 10.3 Å². The normalized spacial score (nSPS) is 16.4. The largest absolute Gasteiger partial charge is 0.573 e. The Balaban J connectivity index is 1.41. The van der Waals surface area contributed by atoms with Crippen molar-refractivity contribution in [1.29, 1.82) is 0 Å². The molecule has 3 heterocycles. The topological polar surface area (TPSA) is 155 Å². The van der Waals surface area contributed by atoms with E-state index < -0.39 is 62.5 Å². The van der Waals surface area contributed by atoms with E-state index in [1.54, 1.807) is 4.90 Å². The van der Waals surface area contributed by atoms with E-state index in [2.05, 4.69) is 25.0 Å². The maximum absolute atomic E-state index is 13.6. The fourth-order valence-electron chi connectivity index (χ4n) is 4.47. The summed E-state index contributed by atoms with van der Waals surface area (Å²) in [5.41, 5.74) is -0.653. The van der Waals surface area contributed by atoms with Gasteiger partial charge in [0.2, 0.25) is 21.8 Å². The molecule has 46 heavy (non-hydrogen) atoms. The fourth-order valence-corrected chi connectivity index (χ4v) is 6.95. The second-order valence-corrected chi connectivity index (χ2v) is 12.6. The zero-order valence-corrected chi connectivity index (χ0v) is 24.5. The molecule has 2 aromatic carbocycles. The minimum absolute atomic E-state index is 0.0106. The average Bonchev–Trinajstić information content (AvgIpc) is 3.43. The number of carbonyl (C=O) groups excluding carboxylic acids is 1. The van der Waals surface area contributed by atoms with Gasteiger partial charge in [-0.1, -0.05) is 23.5 Å². The molecule has 0 bridgehead atoms. The number of thiazole rings is 1. The number of piperazine rings is 1. The Morgan fingerprint density at radius 1 is 1.00 bits per heavy atom.